The molecule has 0 aliphatic rings. The van der Waals surface area contributed by atoms with Crippen molar-refractivity contribution in [3.63, 3.8) is 0 Å². The molecule has 0 radical (unpaired) electrons. The normalized spacial score (nSPS) is 11.2. The minimum absolute atomic E-state index is 0.380. The summed E-state index contributed by atoms with van der Waals surface area (Å²) in [5, 5.41) is 17.5. The molecule has 2 aromatic carbocycles. The molecule has 7 heteroatoms. The highest BCUT2D eigenvalue weighted by molar-refractivity contribution is 5.79. The number of nitrogens with two attached hydrogens (primary N) is 1. The van der Waals surface area contributed by atoms with Crippen LogP contribution >= 0.6 is 0 Å². The van der Waals surface area contributed by atoms with E-state index in [-0.39, 0.29) is 0 Å². The predicted molar refractivity (Wildman–Crippen MR) is 125 cm³/mol. The lowest BCUT2D eigenvalue weighted by Crippen LogP contribution is -2.39. The Balaban J connectivity index is 1.59. The number of hydrogen-bond acceptors (Lipinski definition) is 4. The molecule has 0 aliphatic heterocycles. The van der Waals surface area contributed by atoms with Crippen molar-refractivity contribution < 1.29 is 0 Å². The number of para-hydroxylation sites is 1. The molecule has 3 rings (SSSR count). The largest absolute Gasteiger partial charge is 0.382 e. The van der Waals surface area contributed by atoms with E-state index < -0.39 is 0 Å². The summed E-state index contributed by atoms with van der Waals surface area (Å²) in [5.74, 6) is 1.21. The molecule has 0 aliphatic carbocycles. The Bertz CT molecular complexity index is 1080. The Kier molecular flexibility index (Phi) is 7.28. The second kappa shape index (κ2) is 10.3. The maximum absolute atomic E-state index is 9.55. The van der Waals surface area contributed by atoms with Crippen LogP contribution in [0.15, 0.2) is 59.6 Å². The van der Waals surface area contributed by atoms with Crippen molar-refractivity contribution in [2.24, 2.45) is 4.99 Å². The number of nitrogens with one attached hydrogen (secondary N) is 1. The number of nitrogen functional groups attached to an aromatic ring is 1. The highest BCUT2D eigenvalue weighted by Gasteiger charge is 2.16. The van der Waals surface area contributed by atoms with Crippen LogP contribution < -0.4 is 11.1 Å². The van der Waals surface area contributed by atoms with Gasteiger partial charge in [0.25, 0.3) is 0 Å². The Morgan fingerprint density at radius 1 is 1.19 bits per heavy atom. The van der Waals surface area contributed by atoms with Crippen molar-refractivity contribution in [2.75, 3.05) is 26.4 Å². The van der Waals surface area contributed by atoms with Crippen molar-refractivity contribution in [3.05, 3.63) is 77.0 Å². The Hall–Kier alpha value is -3.79. The number of aromatic nitrogens is 2. The van der Waals surface area contributed by atoms with E-state index in [4.69, 9.17) is 5.73 Å². The molecular weight excluding hydrogens is 386 g/mol. The number of benzene rings is 2. The van der Waals surface area contributed by atoms with E-state index >= 15 is 0 Å². The lowest BCUT2D eigenvalue weighted by atomic mass is 10.1. The number of aryl methyl sites for hydroxylation is 2. The number of rotatable bonds is 7. The molecule has 3 N–H and O–H groups in total. The van der Waals surface area contributed by atoms with Crippen LogP contribution in [0, 0.1) is 18.3 Å². The van der Waals surface area contributed by atoms with E-state index in [0.717, 1.165) is 24.6 Å². The van der Waals surface area contributed by atoms with Gasteiger partial charge in [-0.3, -0.25) is 4.99 Å². The topological polar surface area (TPSA) is 95.3 Å². The summed E-state index contributed by atoms with van der Waals surface area (Å²) in [6.07, 6.45) is 1.45. The number of hydrogen-bond donors (Lipinski definition) is 2. The summed E-state index contributed by atoms with van der Waals surface area (Å²) in [6, 6.07) is 20.2. The molecular formula is C24H29N7. The zero-order valence-electron chi connectivity index (χ0n) is 18.3. The third-order valence-electron chi connectivity index (χ3n) is 5.22. The maximum atomic E-state index is 9.55. The van der Waals surface area contributed by atoms with Gasteiger partial charge in [0.1, 0.15) is 17.5 Å². The van der Waals surface area contributed by atoms with Crippen molar-refractivity contribution in [3.8, 4) is 11.8 Å². The summed E-state index contributed by atoms with van der Waals surface area (Å²) >= 11 is 0. The first-order valence-electron chi connectivity index (χ1n) is 10.3. The average molecular weight is 416 g/mol. The van der Waals surface area contributed by atoms with E-state index in [9.17, 15) is 5.26 Å². The molecule has 1 heterocycles. The van der Waals surface area contributed by atoms with Gasteiger partial charge in [-0.15, -0.1) is 0 Å². The minimum Gasteiger partial charge on any atom is -0.382 e. The van der Waals surface area contributed by atoms with E-state index in [0.29, 0.717) is 30.0 Å². The van der Waals surface area contributed by atoms with Crippen LogP contribution in [0.25, 0.3) is 5.69 Å². The Labute approximate surface area is 183 Å². The fourth-order valence-corrected chi connectivity index (χ4v) is 3.50. The Morgan fingerprint density at radius 3 is 2.58 bits per heavy atom. The molecule has 3 aromatic rings. The molecule has 0 bridgehead atoms. The summed E-state index contributed by atoms with van der Waals surface area (Å²) in [6.45, 7) is 3.61. The Morgan fingerprint density at radius 2 is 1.90 bits per heavy atom. The van der Waals surface area contributed by atoms with E-state index in [1.165, 1.54) is 11.1 Å². The smallest absolute Gasteiger partial charge is 0.193 e. The third kappa shape index (κ3) is 5.23. The molecule has 7 nitrogen and oxygen atoms in total. The van der Waals surface area contributed by atoms with Crippen molar-refractivity contribution in [2.45, 2.75) is 26.3 Å². The van der Waals surface area contributed by atoms with Crippen LogP contribution in [0.2, 0.25) is 0 Å². The molecule has 0 amide bonds. The van der Waals surface area contributed by atoms with Crippen LogP contribution in [-0.2, 0) is 13.0 Å². The van der Waals surface area contributed by atoms with Gasteiger partial charge in [0, 0.05) is 27.2 Å². The van der Waals surface area contributed by atoms with E-state index in [1.54, 1.807) is 11.7 Å². The second-order valence-corrected chi connectivity index (χ2v) is 7.43. The number of nitriles is 1. The van der Waals surface area contributed by atoms with Gasteiger partial charge < -0.3 is 16.0 Å². The highest BCUT2D eigenvalue weighted by Crippen LogP contribution is 2.21. The first-order chi connectivity index (χ1) is 15.0. The van der Waals surface area contributed by atoms with Crippen LogP contribution in [0.4, 0.5) is 5.82 Å². The van der Waals surface area contributed by atoms with E-state index in [1.807, 2.05) is 43.4 Å². The zero-order valence-corrected chi connectivity index (χ0v) is 18.3. The van der Waals surface area contributed by atoms with Gasteiger partial charge in [-0.25, -0.2) is 4.68 Å². The van der Waals surface area contributed by atoms with Crippen LogP contribution in [0.1, 0.15) is 28.8 Å². The van der Waals surface area contributed by atoms with Gasteiger partial charge in [0.2, 0.25) is 0 Å². The molecule has 0 saturated carbocycles. The van der Waals surface area contributed by atoms with Crippen LogP contribution in [0.5, 0.6) is 0 Å². The lowest BCUT2D eigenvalue weighted by molar-refractivity contribution is 0.474. The van der Waals surface area contributed by atoms with E-state index in [2.05, 4.69) is 51.5 Å². The standard InChI is InChI=1S/C24H29N7/c1-18-10-7-8-11-19(18)17-30(3)24(27-2)28-15-9-14-22-21(16-25)23(26)31(29-22)20-12-5-4-6-13-20/h4-8,10-13H,9,14-15,17,26H2,1-3H3,(H,27,28). The predicted octanol–water partition coefficient (Wildman–Crippen LogP) is 3.27. The molecule has 0 fully saturated rings. The van der Waals surface area contributed by atoms with Gasteiger partial charge in [0.05, 0.1) is 11.4 Å². The molecule has 0 spiro atoms. The monoisotopic (exact) mass is 415 g/mol. The number of nitrogens with zero attached hydrogens (tertiary/aromatic N) is 5. The first-order valence-corrected chi connectivity index (χ1v) is 10.3. The van der Waals surface area contributed by atoms with Crippen molar-refractivity contribution in [1.82, 2.24) is 20.0 Å². The number of aliphatic imine (C=N–C) groups is 1. The lowest BCUT2D eigenvalue weighted by Gasteiger charge is -2.23. The number of guanidine groups is 1. The molecule has 0 unspecified atom stereocenters. The average Bonchev–Trinajstić information content (AvgIpc) is 3.11. The highest BCUT2D eigenvalue weighted by atomic mass is 15.3. The van der Waals surface area contributed by atoms with Crippen molar-refractivity contribution >= 4 is 11.8 Å². The minimum atomic E-state index is 0.380. The summed E-state index contributed by atoms with van der Waals surface area (Å²) in [4.78, 5) is 6.49. The quantitative estimate of drug-likeness (QED) is 0.351. The summed E-state index contributed by atoms with van der Waals surface area (Å²) in [5.41, 5.74) is 10.7. The molecule has 0 atom stereocenters. The van der Waals surface area contributed by atoms with Crippen LogP contribution in [-0.4, -0.2) is 41.3 Å². The van der Waals surface area contributed by atoms with Crippen LogP contribution in [0.3, 0.4) is 0 Å². The fourth-order valence-electron chi connectivity index (χ4n) is 3.50. The van der Waals surface area contributed by atoms with Gasteiger partial charge in [-0.1, -0.05) is 42.5 Å². The fraction of sp³-hybridized carbons (Fsp3) is 0.292. The van der Waals surface area contributed by atoms with Crippen molar-refractivity contribution in [1.29, 1.82) is 5.26 Å². The van der Waals surface area contributed by atoms with Gasteiger partial charge in [-0.2, -0.15) is 10.4 Å². The summed E-state index contributed by atoms with van der Waals surface area (Å²) in [7, 11) is 3.81. The molecule has 1 aromatic heterocycles. The van der Waals surface area contributed by atoms with Gasteiger partial charge in [-0.05, 0) is 43.0 Å². The third-order valence-corrected chi connectivity index (χ3v) is 5.22. The first kappa shape index (κ1) is 21.9. The second-order valence-electron chi connectivity index (χ2n) is 7.43. The number of anilines is 1. The molecule has 0 saturated heterocycles. The zero-order chi connectivity index (χ0) is 22.2. The van der Waals surface area contributed by atoms with Gasteiger partial charge >= 0.3 is 0 Å². The SMILES string of the molecule is CN=C(NCCCc1nn(-c2ccccc2)c(N)c1C#N)N(C)Cc1ccccc1C. The summed E-state index contributed by atoms with van der Waals surface area (Å²) < 4.78 is 1.64. The maximum Gasteiger partial charge on any atom is 0.193 e. The molecule has 31 heavy (non-hydrogen) atoms. The molecule has 160 valence electrons. The van der Waals surface area contributed by atoms with Gasteiger partial charge in [0.15, 0.2) is 5.96 Å².